The molecule has 0 atom stereocenters. The van der Waals surface area contributed by atoms with Gasteiger partial charge in [0.1, 0.15) is 0 Å². The van der Waals surface area contributed by atoms with Gasteiger partial charge in [-0.2, -0.15) is 0 Å². The summed E-state index contributed by atoms with van der Waals surface area (Å²) in [7, 11) is 0. The molecular formula is C49H38N4. The zero-order valence-corrected chi connectivity index (χ0v) is 29.5. The van der Waals surface area contributed by atoms with Gasteiger partial charge in [-0.05, 0) is 96.2 Å². The van der Waals surface area contributed by atoms with Gasteiger partial charge in [0.15, 0.2) is 17.5 Å². The van der Waals surface area contributed by atoms with Gasteiger partial charge in [0.05, 0.1) is 11.0 Å². The maximum absolute atomic E-state index is 5.12. The van der Waals surface area contributed by atoms with Gasteiger partial charge in [-0.15, -0.1) is 0 Å². The summed E-state index contributed by atoms with van der Waals surface area (Å²) in [5.41, 5.74) is 12.8. The fraction of sp³-hybridized carbons (Fsp3) is 0.204. The lowest BCUT2D eigenvalue weighted by Crippen LogP contribution is -2.55. The summed E-state index contributed by atoms with van der Waals surface area (Å²) in [5, 5.41) is 2.66. The molecule has 0 saturated heterocycles. The fourth-order valence-electron chi connectivity index (χ4n) is 11.7. The van der Waals surface area contributed by atoms with Gasteiger partial charge in [-0.1, -0.05) is 127 Å². The Morgan fingerprint density at radius 3 is 1.75 bits per heavy atom. The van der Waals surface area contributed by atoms with Crippen LogP contribution < -0.4 is 0 Å². The van der Waals surface area contributed by atoms with Crippen LogP contribution in [0.2, 0.25) is 0 Å². The number of hydrogen-bond acceptors (Lipinski definition) is 3. The molecule has 0 N–H and O–H groups in total. The predicted octanol–water partition coefficient (Wildman–Crippen LogP) is 11.7. The van der Waals surface area contributed by atoms with Crippen LogP contribution in [0.4, 0.5) is 0 Å². The third-order valence-corrected chi connectivity index (χ3v) is 13.4. The lowest BCUT2D eigenvalue weighted by molar-refractivity contribution is -0.0394. The van der Waals surface area contributed by atoms with E-state index in [-0.39, 0.29) is 5.41 Å². The standard InChI is InChI=1S/C49H38N4/c1-3-12-32(13-4-1)46-50-47(33-14-5-2-6-15-33)52-48(51-46)34-16-11-17-37(29-34)53-43-21-10-8-19-39(43)41-23-22-40-38-18-7-9-20-42(38)49(44(40)45(41)53)35-25-30-24-31(27-35)28-36(49)26-30/h1-23,29-31,35-36H,24-28H2. The number of rotatable bonds is 4. The topological polar surface area (TPSA) is 43.6 Å². The van der Waals surface area contributed by atoms with E-state index in [1.165, 1.54) is 65.0 Å². The maximum atomic E-state index is 5.12. The third kappa shape index (κ3) is 4.15. The van der Waals surface area contributed by atoms with E-state index in [2.05, 4.69) is 114 Å². The number of fused-ring (bicyclic) bond motifs is 7. The summed E-state index contributed by atoms with van der Waals surface area (Å²) in [5.74, 6) is 5.18. The maximum Gasteiger partial charge on any atom is 0.164 e. The summed E-state index contributed by atoms with van der Waals surface area (Å²) in [6.07, 6.45) is 6.89. The molecule has 0 amide bonds. The van der Waals surface area contributed by atoms with E-state index in [0.717, 1.165) is 34.2 Å². The molecule has 4 heteroatoms. The van der Waals surface area contributed by atoms with E-state index >= 15 is 0 Å². The van der Waals surface area contributed by atoms with Gasteiger partial charge < -0.3 is 4.57 Å². The van der Waals surface area contributed by atoms with Crippen LogP contribution in [0.15, 0.2) is 146 Å². The molecule has 8 aromatic rings. The van der Waals surface area contributed by atoms with Crippen LogP contribution in [0.3, 0.4) is 0 Å². The molecule has 0 aliphatic heterocycles. The van der Waals surface area contributed by atoms with Crippen LogP contribution in [0.5, 0.6) is 0 Å². The molecule has 4 fully saturated rings. The molecule has 5 aliphatic carbocycles. The molecule has 13 rings (SSSR count). The fourth-order valence-corrected chi connectivity index (χ4v) is 11.7. The smallest absolute Gasteiger partial charge is 0.164 e. The number of nitrogens with zero attached hydrogens (tertiary/aromatic N) is 4. The number of hydrogen-bond donors (Lipinski definition) is 0. The number of para-hydroxylation sites is 1. The molecule has 1 spiro atoms. The Hall–Kier alpha value is -5.87. The highest BCUT2D eigenvalue weighted by atomic mass is 15.0. The normalized spacial score (nSPS) is 23.5. The van der Waals surface area contributed by atoms with Crippen molar-refractivity contribution in [2.75, 3.05) is 0 Å². The van der Waals surface area contributed by atoms with Crippen LogP contribution in [-0.2, 0) is 5.41 Å². The van der Waals surface area contributed by atoms with E-state index in [0.29, 0.717) is 29.3 Å². The monoisotopic (exact) mass is 682 g/mol. The molecule has 53 heavy (non-hydrogen) atoms. The van der Waals surface area contributed by atoms with Crippen molar-refractivity contribution in [1.29, 1.82) is 0 Å². The van der Waals surface area contributed by atoms with E-state index < -0.39 is 0 Å². The Morgan fingerprint density at radius 1 is 0.472 bits per heavy atom. The molecule has 4 bridgehead atoms. The van der Waals surface area contributed by atoms with Gasteiger partial charge in [0, 0.05) is 38.6 Å². The number of benzene rings is 6. The van der Waals surface area contributed by atoms with Crippen molar-refractivity contribution in [2.45, 2.75) is 37.5 Å². The first-order valence-electron chi connectivity index (χ1n) is 19.4. The van der Waals surface area contributed by atoms with Crippen molar-refractivity contribution in [2.24, 2.45) is 23.7 Å². The summed E-state index contributed by atoms with van der Waals surface area (Å²) < 4.78 is 2.59. The average molecular weight is 683 g/mol. The van der Waals surface area contributed by atoms with Gasteiger partial charge in [0.2, 0.25) is 0 Å². The van der Waals surface area contributed by atoms with Crippen LogP contribution in [0, 0.1) is 23.7 Å². The lowest BCUT2D eigenvalue weighted by atomic mass is 9.43. The molecular weight excluding hydrogens is 645 g/mol. The zero-order chi connectivity index (χ0) is 34.7. The highest BCUT2D eigenvalue weighted by Crippen LogP contribution is 2.70. The predicted molar refractivity (Wildman–Crippen MR) is 214 cm³/mol. The Balaban J connectivity index is 1.12. The van der Waals surface area contributed by atoms with Gasteiger partial charge in [0.25, 0.3) is 0 Å². The summed E-state index contributed by atoms with van der Waals surface area (Å²) >= 11 is 0. The Kier molecular flexibility index (Phi) is 6.20. The van der Waals surface area contributed by atoms with E-state index in [4.69, 9.17) is 15.0 Å². The highest BCUT2D eigenvalue weighted by molar-refractivity contribution is 6.13. The lowest BCUT2D eigenvalue weighted by Gasteiger charge is -2.61. The molecule has 2 aromatic heterocycles. The Morgan fingerprint density at radius 2 is 1.06 bits per heavy atom. The summed E-state index contributed by atoms with van der Waals surface area (Å²) in [6.45, 7) is 0. The number of aromatic nitrogens is 4. The van der Waals surface area contributed by atoms with Crippen molar-refractivity contribution in [1.82, 2.24) is 19.5 Å². The van der Waals surface area contributed by atoms with Gasteiger partial charge in [-0.25, -0.2) is 15.0 Å². The molecule has 6 aromatic carbocycles. The first kappa shape index (κ1) is 29.7. The SMILES string of the molecule is c1ccc(-c2nc(-c3ccccc3)nc(-c3cccc(-n4c5ccccc5c5ccc6c(c54)C4(c5ccccc5-6)C5CC6CC(C5)CC4C6)c3)n2)cc1. The minimum absolute atomic E-state index is 0.0476. The molecule has 254 valence electrons. The van der Waals surface area contributed by atoms with Crippen LogP contribution >= 0.6 is 0 Å². The third-order valence-electron chi connectivity index (χ3n) is 13.4. The molecule has 2 heterocycles. The minimum Gasteiger partial charge on any atom is -0.309 e. The Labute approximate surface area is 309 Å². The second-order valence-electron chi connectivity index (χ2n) is 16.0. The van der Waals surface area contributed by atoms with Crippen molar-refractivity contribution >= 4 is 21.8 Å². The summed E-state index contributed by atoms with van der Waals surface area (Å²) in [6, 6.07) is 52.7. The molecule has 5 aliphatic rings. The molecule has 0 unspecified atom stereocenters. The van der Waals surface area contributed by atoms with Crippen molar-refractivity contribution < 1.29 is 0 Å². The molecule has 4 saturated carbocycles. The zero-order valence-electron chi connectivity index (χ0n) is 29.5. The average Bonchev–Trinajstić information content (AvgIpc) is 3.71. The minimum atomic E-state index is 0.0476. The first-order valence-corrected chi connectivity index (χ1v) is 19.4. The van der Waals surface area contributed by atoms with Crippen molar-refractivity contribution in [3.63, 3.8) is 0 Å². The van der Waals surface area contributed by atoms with Crippen molar-refractivity contribution in [3.05, 3.63) is 157 Å². The summed E-state index contributed by atoms with van der Waals surface area (Å²) in [4.78, 5) is 15.2. The largest absolute Gasteiger partial charge is 0.309 e. The van der Waals surface area contributed by atoms with Gasteiger partial charge in [-0.3, -0.25) is 0 Å². The van der Waals surface area contributed by atoms with E-state index in [1.807, 2.05) is 36.4 Å². The van der Waals surface area contributed by atoms with Gasteiger partial charge >= 0.3 is 0 Å². The molecule has 0 radical (unpaired) electrons. The van der Waals surface area contributed by atoms with Crippen molar-refractivity contribution in [3.8, 4) is 51.0 Å². The highest BCUT2D eigenvalue weighted by Gasteiger charge is 2.62. The molecule has 4 nitrogen and oxygen atoms in total. The van der Waals surface area contributed by atoms with Crippen LogP contribution in [0.1, 0.15) is 43.2 Å². The Bertz CT molecular complexity index is 2660. The van der Waals surface area contributed by atoms with E-state index in [9.17, 15) is 0 Å². The quantitative estimate of drug-likeness (QED) is 0.186. The second-order valence-corrected chi connectivity index (χ2v) is 16.0. The first-order chi connectivity index (χ1) is 26.2. The van der Waals surface area contributed by atoms with Crippen LogP contribution in [0.25, 0.3) is 72.8 Å². The van der Waals surface area contributed by atoms with Crippen LogP contribution in [-0.4, -0.2) is 19.5 Å². The second kappa shape index (κ2) is 11.1. The van der Waals surface area contributed by atoms with E-state index in [1.54, 1.807) is 11.1 Å².